The Hall–Kier alpha value is -2.40. The van der Waals surface area contributed by atoms with Crippen molar-refractivity contribution in [3.8, 4) is 5.75 Å². The number of ether oxygens (including phenoxy) is 1. The van der Waals surface area contributed by atoms with E-state index in [-0.39, 0.29) is 0 Å². The standard InChI is InChI=1S/C23H18Cl2O3S/c24-20-9-5-4-8-19(20)18(16-6-2-1-3-7-16)12-13-29-22-11-10-17(14-21(22)25)28-15-23(26)27/h1-12,14H,13,15H2,(H,26,27). The van der Waals surface area contributed by atoms with Crippen LogP contribution in [0.15, 0.2) is 83.8 Å². The number of carbonyl (C=O) groups is 1. The van der Waals surface area contributed by atoms with Crippen LogP contribution >= 0.6 is 35.0 Å². The number of aliphatic carboxylic acids is 1. The summed E-state index contributed by atoms with van der Waals surface area (Å²) in [6, 6.07) is 23.0. The molecular formula is C23H18Cl2O3S. The van der Waals surface area contributed by atoms with Crippen molar-refractivity contribution in [1.82, 2.24) is 0 Å². The van der Waals surface area contributed by atoms with Crippen LogP contribution in [0.4, 0.5) is 0 Å². The van der Waals surface area contributed by atoms with Crippen LogP contribution in [0.3, 0.4) is 0 Å². The first-order chi connectivity index (χ1) is 14.0. The third-order valence-electron chi connectivity index (χ3n) is 4.04. The van der Waals surface area contributed by atoms with Gasteiger partial charge in [-0.05, 0) is 35.4 Å². The summed E-state index contributed by atoms with van der Waals surface area (Å²) < 4.78 is 5.15. The second-order valence-electron chi connectivity index (χ2n) is 6.05. The maximum Gasteiger partial charge on any atom is 0.341 e. The van der Waals surface area contributed by atoms with Gasteiger partial charge in [0, 0.05) is 21.2 Å². The second kappa shape index (κ2) is 10.4. The summed E-state index contributed by atoms with van der Waals surface area (Å²) in [5, 5.41) is 9.91. The zero-order valence-corrected chi connectivity index (χ0v) is 17.7. The van der Waals surface area contributed by atoms with Gasteiger partial charge in [0.25, 0.3) is 0 Å². The molecule has 1 N–H and O–H groups in total. The van der Waals surface area contributed by atoms with Crippen molar-refractivity contribution in [2.24, 2.45) is 0 Å². The molecule has 0 atom stereocenters. The molecule has 0 aliphatic heterocycles. The Morgan fingerprint density at radius 1 is 0.966 bits per heavy atom. The molecule has 29 heavy (non-hydrogen) atoms. The number of carboxylic acid groups (broad SMARTS) is 1. The van der Waals surface area contributed by atoms with Gasteiger partial charge in [-0.25, -0.2) is 4.79 Å². The Morgan fingerprint density at radius 3 is 2.38 bits per heavy atom. The highest BCUT2D eigenvalue weighted by Crippen LogP contribution is 2.33. The number of halogens is 2. The van der Waals surface area contributed by atoms with E-state index in [9.17, 15) is 4.79 Å². The smallest absolute Gasteiger partial charge is 0.341 e. The highest BCUT2D eigenvalue weighted by atomic mass is 35.5. The third-order valence-corrected chi connectivity index (χ3v) is 5.80. The molecule has 148 valence electrons. The van der Waals surface area contributed by atoms with Crippen LogP contribution in [0.25, 0.3) is 5.57 Å². The normalized spacial score (nSPS) is 11.3. The molecule has 0 saturated heterocycles. The van der Waals surface area contributed by atoms with Crippen LogP contribution in [0.2, 0.25) is 10.0 Å². The van der Waals surface area contributed by atoms with Crippen LogP contribution < -0.4 is 4.74 Å². The summed E-state index contributed by atoms with van der Waals surface area (Å²) in [6.07, 6.45) is 2.13. The highest BCUT2D eigenvalue weighted by Gasteiger charge is 2.09. The van der Waals surface area contributed by atoms with Gasteiger partial charge in [0.1, 0.15) is 5.75 Å². The molecule has 0 amide bonds. The Kier molecular flexibility index (Phi) is 7.64. The molecule has 0 fully saturated rings. The minimum Gasteiger partial charge on any atom is -0.482 e. The molecule has 3 aromatic carbocycles. The molecule has 0 heterocycles. The average Bonchev–Trinajstić information content (AvgIpc) is 2.72. The summed E-state index contributed by atoms with van der Waals surface area (Å²) >= 11 is 14.3. The predicted molar refractivity (Wildman–Crippen MR) is 120 cm³/mol. The van der Waals surface area contributed by atoms with Crippen molar-refractivity contribution in [3.05, 3.63) is 100 Å². The lowest BCUT2D eigenvalue weighted by Crippen LogP contribution is -2.09. The van der Waals surface area contributed by atoms with Gasteiger partial charge in [-0.15, -0.1) is 11.8 Å². The van der Waals surface area contributed by atoms with Gasteiger partial charge in [0.2, 0.25) is 0 Å². The molecule has 0 bridgehead atoms. The first kappa shape index (κ1) is 21.3. The zero-order valence-electron chi connectivity index (χ0n) is 15.3. The van der Waals surface area contributed by atoms with Gasteiger partial charge >= 0.3 is 5.97 Å². The molecule has 0 unspecified atom stereocenters. The van der Waals surface area contributed by atoms with Gasteiger partial charge in [0.15, 0.2) is 6.61 Å². The minimum absolute atomic E-state index is 0.399. The molecule has 3 rings (SSSR count). The number of carboxylic acids is 1. The number of thioether (sulfide) groups is 1. The first-order valence-electron chi connectivity index (χ1n) is 8.82. The van der Waals surface area contributed by atoms with Crippen molar-refractivity contribution in [2.45, 2.75) is 4.90 Å². The van der Waals surface area contributed by atoms with Gasteiger partial charge in [-0.1, -0.05) is 77.8 Å². The molecule has 0 radical (unpaired) electrons. The van der Waals surface area contributed by atoms with Crippen LogP contribution in [0.1, 0.15) is 11.1 Å². The monoisotopic (exact) mass is 444 g/mol. The van der Waals surface area contributed by atoms with E-state index in [2.05, 4.69) is 18.2 Å². The molecule has 0 spiro atoms. The highest BCUT2D eigenvalue weighted by molar-refractivity contribution is 7.99. The fourth-order valence-corrected chi connectivity index (χ4v) is 4.09. The van der Waals surface area contributed by atoms with Crippen LogP contribution in [0.5, 0.6) is 5.75 Å². The van der Waals surface area contributed by atoms with Crippen molar-refractivity contribution in [3.63, 3.8) is 0 Å². The van der Waals surface area contributed by atoms with Crippen LogP contribution in [-0.2, 0) is 4.79 Å². The third kappa shape index (κ3) is 6.04. The maximum atomic E-state index is 10.6. The van der Waals surface area contributed by atoms with E-state index in [1.165, 1.54) is 0 Å². The van der Waals surface area contributed by atoms with Gasteiger partial charge in [-0.2, -0.15) is 0 Å². The number of hydrogen-bond acceptors (Lipinski definition) is 3. The molecular weight excluding hydrogens is 427 g/mol. The number of hydrogen-bond donors (Lipinski definition) is 1. The fourth-order valence-electron chi connectivity index (χ4n) is 2.73. The molecule has 0 aliphatic rings. The van der Waals surface area contributed by atoms with Crippen molar-refractivity contribution in [1.29, 1.82) is 0 Å². The van der Waals surface area contributed by atoms with Crippen molar-refractivity contribution < 1.29 is 14.6 Å². The Bertz CT molecular complexity index is 1020. The van der Waals surface area contributed by atoms with Crippen molar-refractivity contribution >= 4 is 46.5 Å². The topological polar surface area (TPSA) is 46.5 Å². The molecule has 3 nitrogen and oxygen atoms in total. The van der Waals surface area contributed by atoms with Crippen LogP contribution in [-0.4, -0.2) is 23.4 Å². The summed E-state index contributed by atoms with van der Waals surface area (Å²) in [5.41, 5.74) is 3.12. The van der Waals surface area contributed by atoms with Gasteiger partial charge in [0.05, 0.1) is 5.02 Å². The minimum atomic E-state index is -1.03. The van der Waals surface area contributed by atoms with E-state index in [4.69, 9.17) is 33.0 Å². The van der Waals surface area contributed by atoms with E-state index >= 15 is 0 Å². The largest absolute Gasteiger partial charge is 0.482 e. The summed E-state index contributed by atoms with van der Waals surface area (Å²) in [5.74, 6) is 0.0841. The molecule has 0 aliphatic carbocycles. The molecule has 0 aromatic heterocycles. The van der Waals surface area contributed by atoms with E-state index in [0.29, 0.717) is 21.5 Å². The summed E-state index contributed by atoms with van der Waals surface area (Å²) in [6.45, 7) is -0.399. The van der Waals surface area contributed by atoms with E-state index in [1.807, 2.05) is 48.5 Å². The Balaban J connectivity index is 1.78. The zero-order chi connectivity index (χ0) is 20.6. The quantitative estimate of drug-likeness (QED) is 0.393. The van der Waals surface area contributed by atoms with Crippen LogP contribution in [0, 0.1) is 0 Å². The molecule has 3 aromatic rings. The predicted octanol–water partition coefficient (Wildman–Crippen LogP) is 6.68. The lowest BCUT2D eigenvalue weighted by atomic mass is 9.98. The Morgan fingerprint density at radius 2 is 1.69 bits per heavy atom. The summed E-state index contributed by atoms with van der Waals surface area (Å²) in [7, 11) is 0. The van der Waals surface area contributed by atoms with E-state index in [0.717, 1.165) is 21.6 Å². The SMILES string of the molecule is O=C(O)COc1ccc(SCC=C(c2ccccc2)c2ccccc2Cl)c(Cl)c1. The fraction of sp³-hybridized carbons (Fsp3) is 0.0870. The molecule has 0 saturated carbocycles. The van der Waals surface area contributed by atoms with Gasteiger partial charge < -0.3 is 9.84 Å². The number of benzene rings is 3. The lowest BCUT2D eigenvalue weighted by Gasteiger charge is -2.11. The van der Waals surface area contributed by atoms with Gasteiger partial charge in [-0.3, -0.25) is 0 Å². The Labute approximate surface area is 183 Å². The summed E-state index contributed by atoms with van der Waals surface area (Å²) in [4.78, 5) is 11.5. The van der Waals surface area contributed by atoms with Crippen molar-refractivity contribution in [2.75, 3.05) is 12.4 Å². The average molecular weight is 445 g/mol. The lowest BCUT2D eigenvalue weighted by molar-refractivity contribution is -0.139. The molecule has 6 heteroatoms. The van der Waals surface area contributed by atoms with E-state index in [1.54, 1.807) is 23.9 Å². The second-order valence-corrected chi connectivity index (χ2v) is 7.93. The van der Waals surface area contributed by atoms with E-state index < -0.39 is 12.6 Å². The number of rotatable bonds is 8. The first-order valence-corrected chi connectivity index (χ1v) is 10.6. The maximum absolute atomic E-state index is 10.6.